The molecule has 2 aromatic carbocycles. The molecule has 1 N–H and O–H groups in total. The first kappa shape index (κ1) is 30.3. The van der Waals surface area contributed by atoms with E-state index in [4.69, 9.17) is 23.2 Å². The summed E-state index contributed by atoms with van der Waals surface area (Å²) in [5, 5.41) is 4.03. The maximum absolute atomic E-state index is 13.6. The highest BCUT2D eigenvalue weighted by Gasteiger charge is 2.31. The molecule has 1 aliphatic carbocycles. The Morgan fingerprint density at radius 1 is 1.08 bits per heavy atom. The van der Waals surface area contributed by atoms with Crippen LogP contribution in [0.1, 0.15) is 63.0 Å². The van der Waals surface area contributed by atoms with Crippen LogP contribution in [-0.4, -0.2) is 50.0 Å². The van der Waals surface area contributed by atoms with Crippen LogP contribution in [-0.2, 0) is 26.2 Å². The van der Waals surface area contributed by atoms with E-state index in [1.807, 2.05) is 26.0 Å². The SMILES string of the molecule is CC[C@@H](C(=O)NC1CCCC1)N(Cc1ccc(Cl)cc1Cl)C(=O)CCCN(c1ccc(C)cc1)S(C)(=O)=O. The van der Waals surface area contributed by atoms with Gasteiger partial charge in [-0.05, 0) is 62.4 Å². The molecule has 1 saturated carbocycles. The number of benzene rings is 2. The molecule has 1 fully saturated rings. The monoisotopic (exact) mass is 581 g/mol. The lowest BCUT2D eigenvalue weighted by Gasteiger charge is -2.32. The van der Waals surface area contributed by atoms with Gasteiger partial charge in [0.1, 0.15) is 6.04 Å². The van der Waals surface area contributed by atoms with Crippen molar-refractivity contribution in [3.8, 4) is 0 Å². The molecule has 0 unspecified atom stereocenters. The van der Waals surface area contributed by atoms with Crippen LogP contribution in [0.2, 0.25) is 10.0 Å². The lowest BCUT2D eigenvalue weighted by molar-refractivity contribution is -0.141. The maximum atomic E-state index is 13.6. The maximum Gasteiger partial charge on any atom is 0.243 e. The summed E-state index contributed by atoms with van der Waals surface area (Å²) >= 11 is 12.5. The minimum Gasteiger partial charge on any atom is -0.352 e. The molecule has 0 bridgehead atoms. The molecule has 0 spiro atoms. The zero-order valence-electron chi connectivity index (χ0n) is 22.3. The Morgan fingerprint density at radius 2 is 1.74 bits per heavy atom. The average molecular weight is 583 g/mol. The zero-order valence-corrected chi connectivity index (χ0v) is 24.6. The first-order valence-electron chi connectivity index (χ1n) is 13.1. The van der Waals surface area contributed by atoms with E-state index in [9.17, 15) is 18.0 Å². The van der Waals surface area contributed by atoms with E-state index < -0.39 is 16.1 Å². The first-order valence-corrected chi connectivity index (χ1v) is 15.7. The van der Waals surface area contributed by atoms with Crippen LogP contribution in [0.15, 0.2) is 42.5 Å². The lowest BCUT2D eigenvalue weighted by Crippen LogP contribution is -2.51. The van der Waals surface area contributed by atoms with Crippen LogP contribution in [0.25, 0.3) is 0 Å². The fraction of sp³-hybridized carbons (Fsp3) is 0.500. The molecule has 38 heavy (non-hydrogen) atoms. The molecule has 2 aromatic rings. The number of anilines is 1. The van der Waals surface area contributed by atoms with Crippen molar-refractivity contribution in [3.05, 3.63) is 63.6 Å². The van der Waals surface area contributed by atoms with Crippen LogP contribution in [0.3, 0.4) is 0 Å². The van der Waals surface area contributed by atoms with Crippen LogP contribution >= 0.6 is 23.2 Å². The Kier molecular flexibility index (Phi) is 10.9. The highest BCUT2D eigenvalue weighted by atomic mass is 35.5. The van der Waals surface area contributed by atoms with E-state index >= 15 is 0 Å². The molecule has 2 amide bonds. The van der Waals surface area contributed by atoms with Crippen molar-refractivity contribution in [1.82, 2.24) is 10.2 Å². The summed E-state index contributed by atoms with van der Waals surface area (Å²) in [5.41, 5.74) is 2.27. The van der Waals surface area contributed by atoms with Crippen molar-refractivity contribution < 1.29 is 18.0 Å². The summed E-state index contributed by atoms with van der Waals surface area (Å²) in [5.74, 6) is -0.406. The van der Waals surface area contributed by atoms with Crippen molar-refractivity contribution in [2.45, 2.75) is 77.4 Å². The molecule has 0 aromatic heterocycles. The molecule has 3 rings (SSSR count). The van der Waals surface area contributed by atoms with Gasteiger partial charge in [-0.15, -0.1) is 0 Å². The molecule has 7 nitrogen and oxygen atoms in total. The van der Waals surface area contributed by atoms with E-state index in [0.29, 0.717) is 34.1 Å². The van der Waals surface area contributed by atoms with Crippen LogP contribution < -0.4 is 9.62 Å². The third-order valence-corrected chi connectivity index (χ3v) is 8.70. The number of amides is 2. The molecule has 0 aliphatic heterocycles. The second-order valence-electron chi connectivity index (χ2n) is 9.95. The number of hydrogen-bond acceptors (Lipinski definition) is 4. The number of nitrogens with one attached hydrogen (secondary N) is 1. The molecule has 208 valence electrons. The summed E-state index contributed by atoms with van der Waals surface area (Å²) in [6.07, 6.45) is 6.03. The third-order valence-electron chi connectivity index (χ3n) is 6.92. The summed E-state index contributed by atoms with van der Waals surface area (Å²) in [6.45, 7) is 4.11. The Bertz CT molecular complexity index is 1220. The number of hydrogen-bond donors (Lipinski definition) is 1. The Hall–Kier alpha value is -2.29. The predicted molar refractivity (Wildman–Crippen MR) is 154 cm³/mol. The third kappa shape index (κ3) is 8.35. The molecular formula is C28H37Cl2N3O4S. The van der Waals surface area contributed by atoms with E-state index in [1.165, 1.54) is 4.31 Å². The van der Waals surface area contributed by atoms with Gasteiger partial charge in [-0.25, -0.2) is 8.42 Å². The topological polar surface area (TPSA) is 86.8 Å². The summed E-state index contributed by atoms with van der Waals surface area (Å²) in [6, 6.07) is 11.8. The molecule has 1 aliphatic rings. The standard InChI is InChI=1S/C28H37Cl2N3O4S/c1-4-26(28(35)31-23-8-5-6-9-23)32(19-21-13-14-22(29)18-25(21)30)27(34)10-7-17-33(38(3,36)37)24-15-11-20(2)12-16-24/h11-16,18,23,26H,4-10,17,19H2,1-3H3,(H,31,35)/t26-/m0/s1. The molecule has 1 atom stereocenters. The van der Waals surface area contributed by atoms with Crippen LogP contribution in [0, 0.1) is 6.92 Å². The largest absolute Gasteiger partial charge is 0.352 e. The van der Waals surface area contributed by atoms with Crippen molar-refractivity contribution >= 4 is 50.7 Å². The second kappa shape index (κ2) is 13.7. The van der Waals surface area contributed by atoms with Gasteiger partial charge < -0.3 is 10.2 Å². The van der Waals surface area contributed by atoms with Gasteiger partial charge in [0, 0.05) is 35.6 Å². The van der Waals surface area contributed by atoms with Gasteiger partial charge in [0.05, 0.1) is 11.9 Å². The quantitative estimate of drug-likeness (QED) is 0.347. The molecule has 0 radical (unpaired) electrons. The Labute approximate surface area is 236 Å². The van der Waals surface area contributed by atoms with Gasteiger partial charge in [0.2, 0.25) is 21.8 Å². The van der Waals surface area contributed by atoms with E-state index in [-0.39, 0.29) is 37.4 Å². The first-order chi connectivity index (χ1) is 18.0. The molecule has 10 heteroatoms. The van der Waals surface area contributed by atoms with Crippen LogP contribution in [0.5, 0.6) is 0 Å². The van der Waals surface area contributed by atoms with E-state index in [1.54, 1.807) is 35.2 Å². The van der Waals surface area contributed by atoms with Gasteiger partial charge in [-0.2, -0.15) is 0 Å². The minimum absolute atomic E-state index is 0.0797. The molecule has 0 heterocycles. The predicted octanol–water partition coefficient (Wildman–Crippen LogP) is 5.71. The van der Waals surface area contributed by atoms with Crippen molar-refractivity contribution in [1.29, 1.82) is 0 Å². The normalized spacial score (nSPS) is 14.8. The van der Waals surface area contributed by atoms with Crippen molar-refractivity contribution in [2.75, 3.05) is 17.1 Å². The van der Waals surface area contributed by atoms with Crippen LogP contribution in [0.4, 0.5) is 5.69 Å². The fourth-order valence-electron chi connectivity index (χ4n) is 4.84. The van der Waals surface area contributed by atoms with Gasteiger partial charge in [-0.1, -0.05) is 66.7 Å². The van der Waals surface area contributed by atoms with E-state index in [0.717, 1.165) is 37.5 Å². The van der Waals surface area contributed by atoms with E-state index in [2.05, 4.69) is 5.32 Å². The number of carbonyl (C=O) groups excluding carboxylic acids is 2. The number of aryl methyl sites for hydroxylation is 1. The number of rotatable bonds is 12. The molecule has 0 saturated heterocycles. The minimum atomic E-state index is -3.54. The number of halogens is 2. The Balaban J connectivity index is 1.78. The van der Waals surface area contributed by atoms with Crippen molar-refractivity contribution in [3.63, 3.8) is 0 Å². The molecular weight excluding hydrogens is 545 g/mol. The number of carbonyl (C=O) groups is 2. The smallest absolute Gasteiger partial charge is 0.243 e. The van der Waals surface area contributed by atoms with Gasteiger partial charge in [-0.3, -0.25) is 13.9 Å². The highest BCUT2D eigenvalue weighted by molar-refractivity contribution is 7.92. The summed E-state index contributed by atoms with van der Waals surface area (Å²) in [4.78, 5) is 28.4. The van der Waals surface area contributed by atoms with Gasteiger partial charge >= 0.3 is 0 Å². The average Bonchev–Trinajstić information content (AvgIpc) is 3.36. The highest BCUT2D eigenvalue weighted by Crippen LogP contribution is 2.25. The lowest BCUT2D eigenvalue weighted by atomic mass is 10.1. The van der Waals surface area contributed by atoms with Gasteiger partial charge in [0.25, 0.3) is 0 Å². The van der Waals surface area contributed by atoms with Crippen molar-refractivity contribution in [2.24, 2.45) is 0 Å². The second-order valence-corrected chi connectivity index (χ2v) is 12.7. The van der Waals surface area contributed by atoms with Gasteiger partial charge in [0.15, 0.2) is 0 Å². The zero-order chi connectivity index (χ0) is 27.9. The number of sulfonamides is 1. The Morgan fingerprint density at radius 3 is 2.32 bits per heavy atom. The summed E-state index contributed by atoms with van der Waals surface area (Å²) in [7, 11) is -3.54. The fourth-order valence-corrected chi connectivity index (χ4v) is 6.27. The summed E-state index contributed by atoms with van der Waals surface area (Å²) < 4.78 is 26.3. The number of nitrogens with zero attached hydrogens (tertiary/aromatic N) is 2.